The van der Waals surface area contributed by atoms with Crippen LogP contribution in [0, 0.1) is 20.8 Å². The quantitative estimate of drug-likeness (QED) is 0.881. The van der Waals surface area contributed by atoms with E-state index in [2.05, 4.69) is 15.5 Å². The first-order valence-corrected chi connectivity index (χ1v) is 10.5. The molecular formula is C17H21N3O3S2. The normalized spacial score (nSPS) is 16.8. The maximum Gasteiger partial charge on any atom is 0.248 e. The van der Waals surface area contributed by atoms with Crippen LogP contribution in [0.25, 0.3) is 0 Å². The summed E-state index contributed by atoms with van der Waals surface area (Å²) in [6.07, 6.45) is 2.08. The lowest BCUT2D eigenvalue weighted by molar-refractivity contribution is -0.118. The van der Waals surface area contributed by atoms with E-state index >= 15 is 0 Å². The molecule has 134 valence electrons. The zero-order valence-corrected chi connectivity index (χ0v) is 16.1. The van der Waals surface area contributed by atoms with Gasteiger partial charge in [-0.05, 0) is 50.8 Å². The molecule has 8 heteroatoms. The van der Waals surface area contributed by atoms with Crippen molar-refractivity contribution in [1.29, 1.82) is 0 Å². The molecule has 25 heavy (non-hydrogen) atoms. The molecule has 1 heterocycles. The van der Waals surface area contributed by atoms with Gasteiger partial charge < -0.3 is 0 Å². The van der Waals surface area contributed by atoms with Gasteiger partial charge >= 0.3 is 0 Å². The lowest BCUT2D eigenvalue weighted by atomic mass is 10.1. The number of anilines is 1. The molecule has 0 atom stereocenters. The summed E-state index contributed by atoms with van der Waals surface area (Å²) in [5, 5.41) is 11.5. The van der Waals surface area contributed by atoms with Crippen molar-refractivity contribution in [2.24, 2.45) is 0 Å². The molecule has 1 aromatic heterocycles. The van der Waals surface area contributed by atoms with Crippen molar-refractivity contribution in [3.63, 3.8) is 0 Å². The number of rotatable bonds is 4. The van der Waals surface area contributed by atoms with Crippen LogP contribution in [0.4, 0.5) is 5.13 Å². The van der Waals surface area contributed by atoms with Gasteiger partial charge in [0.15, 0.2) is 14.6 Å². The average molecular weight is 380 g/mol. The zero-order chi connectivity index (χ0) is 18.2. The van der Waals surface area contributed by atoms with E-state index in [1.165, 1.54) is 11.3 Å². The molecule has 1 N–H and O–H groups in total. The number of nitrogens with zero attached hydrogens (tertiary/aromatic N) is 2. The molecular weight excluding hydrogens is 358 g/mol. The number of hydrogen-bond donors (Lipinski definition) is 1. The molecule has 1 fully saturated rings. The number of carbonyl (C=O) groups is 1. The van der Waals surface area contributed by atoms with Crippen LogP contribution < -0.4 is 5.32 Å². The van der Waals surface area contributed by atoms with Crippen LogP contribution in [-0.2, 0) is 14.6 Å². The minimum atomic E-state index is -3.82. The number of aromatic nitrogens is 2. The second-order valence-electron chi connectivity index (χ2n) is 6.55. The Morgan fingerprint density at radius 1 is 1.16 bits per heavy atom. The first-order valence-electron chi connectivity index (χ1n) is 8.20. The molecule has 1 aromatic carbocycles. The molecule has 2 aromatic rings. The minimum absolute atomic E-state index is 0.248. The fourth-order valence-electron chi connectivity index (χ4n) is 3.33. The van der Waals surface area contributed by atoms with Gasteiger partial charge in [0.2, 0.25) is 11.0 Å². The Hall–Kier alpha value is -1.80. The fraction of sp³-hybridized carbons (Fsp3) is 0.471. The van der Waals surface area contributed by atoms with Crippen LogP contribution in [0.15, 0.2) is 23.1 Å². The first kappa shape index (κ1) is 18.0. The molecule has 1 aliphatic rings. The third-order valence-corrected chi connectivity index (χ3v) is 8.11. The van der Waals surface area contributed by atoms with Gasteiger partial charge in [0.1, 0.15) is 5.01 Å². The molecule has 0 unspecified atom stereocenters. The van der Waals surface area contributed by atoms with E-state index in [0.29, 0.717) is 41.4 Å². The van der Waals surface area contributed by atoms with Gasteiger partial charge in [-0.3, -0.25) is 10.1 Å². The van der Waals surface area contributed by atoms with Crippen LogP contribution in [0.5, 0.6) is 0 Å². The Balaban J connectivity index is 2.04. The lowest BCUT2D eigenvalue weighted by Crippen LogP contribution is -2.47. The average Bonchev–Trinajstić information content (AvgIpc) is 3.19. The van der Waals surface area contributed by atoms with Gasteiger partial charge in [-0.15, -0.1) is 10.2 Å². The first-order chi connectivity index (χ1) is 11.8. The monoisotopic (exact) mass is 379 g/mol. The zero-order valence-electron chi connectivity index (χ0n) is 14.5. The Morgan fingerprint density at radius 3 is 2.44 bits per heavy atom. The van der Waals surface area contributed by atoms with Crippen molar-refractivity contribution >= 4 is 32.2 Å². The lowest BCUT2D eigenvalue weighted by Gasteiger charge is -2.28. The molecule has 0 bridgehead atoms. The number of carbonyl (C=O) groups excluding carboxylic acids is 1. The summed E-state index contributed by atoms with van der Waals surface area (Å²) in [6.45, 7) is 5.40. The Kier molecular flexibility index (Phi) is 4.68. The van der Waals surface area contributed by atoms with Crippen LogP contribution in [-0.4, -0.2) is 29.3 Å². The topological polar surface area (TPSA) is 89.0 Å². The summed E-state index contributed by atoms with van der Waals surface area (Å²) in [7, 11) is -3.82. The molecule has 3 rings (SSSR count). The Bertz CT molecular complexity index is 913. The van der Waals surface area contributed by atoms with E-state index in [-0.39, 0.29) is 4.90 Å². The van der Waals surface area contributed by atoms with Gasteiger partial charge in [0.05, 0.1) is 4.90 Å². The summed E-state index contributed by atoms with van der Waals surface area (Å²) in [4.78, 5) is 13.3. The van der Waals surface area contributed by atoms with Crippen molar-refractivity contribution in [2.75, 3.05) is 5.32 Å². The number of amides is 1. The summed E-state index contributed by atoms with van der Waals surface area (Å²) in [5.74, 6) is -0.498. The SMILES string of the molecule is Cc1ccc(C)c(S(=O)(=O)C2(C(=O)Nc3nnc(C)s3)CCCC2)c1. The van der Waals surface area contributed by atoms with E-state index in [4.69, 9.17) is 0 Å². The van der Waals surface area contributed by atoms with E-state index < -0.39 is 20.5 Å². The van der Waals surface area contributed by atoms with Crippen LogP contribution >= 0.6 is 11.3 Å². The van der Waals surface area contributed by atoms with Gasteiger partial charge in [-0.25, -0.2) is 8.42 Å². The Labute approximate surface area is 151 Å². The van der Waals surface area contributed by atoms with E-state index in [9.17, 15) is 13.2 Å². The third kappa shape index (κ3) is 3.08. The molecule has 0 saturated heterocycles. The molecule has 0 aliphatic heterocycles. The predicted octanol–water partition coefficient (Wildman–Crippen LogP) is 3.19. The smallest absolute Gasteiger partial charge is 0.248 e. The maximum absolute atomic E-state index is 13.5. The summed E-state index contributed by atoms with van der Waals surface area (Å²) in [5.41, 5.74) is 1.52. The standard InChI is InChI=1S/C17H21N3O3S2/c1-11-6-7-12(2)14(10-11)25(22,23)17(8-4-5-9-17)15(21)18-16-20-19-13(3)24-16/h6-7,10H,4-5,8-9H2,1-3H3,(H,18,20,21). The molecule has 6 nitrogen and oxygen atoms in total. The number of nitrogens with one attached hydrogen (secondary N) is 1. The van der Waals surface area contributed by atoms with Gasteiger partial charge in [-0.2, -0.15) is 0 Å². The highest BCUT2D eigenvalue weighted by molar-refractivity contribution is 7.93. The highest BCUT2D eigenvalue weighted by atomic mass is 32.2. The molecule has 1 amide bonds. The predicted molar refractivity (Wildman–Crippen MR) is 97.6 cm³/mol. The van der Waals surface area contributed by atoms with Gasteiger partial charge in [0.25, 0.3) is 0 Å². The summed E-state index contributed by atoms with van der Waals surface area (Å²) >= 11 is 1.24. The second kappa shape index (κ2) is 6.49. The molecule has 1 aliphatic carbocycles. The van der Waals surface area contributed by atoms with Crippen LogP contribution in [0.3, 0.4) is 0 Å². The molecule has 0 radical (unpaired) electrons. The second-order valence-corrected chi connectivity index (χ2v) is 9.96. The Morgan fingerprint density at radius 2 is 1.84 bits per heavy atom. The van der Waals surface area contributed by atoms with Crippen molar-refractivity contribution in [3.05, 3.63) is 34.3 Å². The van der Waals surface area contributed by atoms with Crippen molar-refractivity contribution < 1.29 is 13.2 Å². The van der Waals surface area contributed by atoms with E-state index in [1.807, 2.05) is 13.0 Å². The third-order valence-electron chi connectivity index (χ3n) is 4.72. The summed E-state index contributed by atoms with van der Waals surface area (Å²) in [6, 6.07) is 5.32. The number of sulfone groups is 1. The van der Waals surface area contributed by atoms with E-state index in [0.717, 1.165) is 5.56 Å². The highest BCUT2D eigenvalue weighted by Gasteiger charge is 2.53. The largest absolute Gasteiger partial charge is 0.299 e. The van der Waals surface area contributed by atoms with Gasteiger partial charge in [-0.1, -0.05) is 36.3 Å². The van der Waals surface area contributed by atoms with Crippen LogP contribution in [0.1, 0.15) is 41.8 Å². The van der Waals surface area contributed by atoms with Crippen molar-refractivity contribution in [1.82, 2.24) is 10.2 Å². The van der Waals surface area contributed by atoms with Crippen molar-refractivity contribution in [2.45, 2.75) is 56.1 Å². The number of hydrogen-bond acceptors (Lipinski definition) is 6. The van der Waals surface area contributed by atoms with Gasteiger partial charge in [0, 0.05) is 0 Å². The molecule has 1 saturated carbocycles. The number of benzene rings is 1. The summed E-state index contributed by atoms with van der Waals surface area (Å²) < 4.78 is 25.5. The van der Waals surface area contributed by atoms with E-state index in [1.54, 1.807) is 26.0 Å². The number of aryl methyl sites for hydroxylation is 3. The van der Waals surface area contributed by atoms with Crippen molar-refractivity contribution in [3.8, 4) is 0 Å². The fourth-order valence-corrected chi connectivity index (χ4v) is 6.29. The van der Waals surface area contributed by atoms with Crippen LogP contribution in [0.2, 0.25) is 0 Å². The molecule has 0 spiro atoms. The maximum atomic E-state index is 13.5. The minimum Gasteiger partial charge on any atom is -0.299 e. The highest BCUT2D eigenvalue weighted by Crippen LogP contribution is 2.42.